The number of fused-ring (bicyclic) bond motifs is 1. The molecule has 1 fully saturated rings. The Morgan fingerprint density at radius 3 is 2.57 bits per heavy atom. The van der Waals surface area contributed by atoms with E-state index in [1.54, 1.807) is 16.7 Å². The van der Waals surface area contributed by atoms with Crippen LogP contribution in [0.2, 0.25) is 0 Å². The van der Waals surface area contributed by atoms with E-state index in [1.165, 1.54) is 10.8 Å². The number of amides is 1. The number of hydrogen-bond acceptors (Lipinski definition) is 5. The number of carbonyl (C=O) groups excluding carboxylic acids is 1. The van der Waals surface area contributed by atoms with Crippen molar-refractivity contribution in [1.29, 1.82) is 0 Å². The molecule has 0 spiro atoms. The lowest BCUT2D eigenvalue weighted by Gasteiger charge is -2.35. The molecule has 0 bridgehead atoms. The monoisotopic (exact) mass is 328 g/mol. The minimum Gasteiger partial charge on any atom is -0.353 e. The zero-order chi connectivity index (χ0) is 16.6. The zero-order valence-corrected chi connectivity index (χ0v) is 12.4. The highest BCUT2D eigenvalue weighted by Gasteiger charge is 2.35. The molecule has 0 aromatic carbocycles. The van der Waals surface area contributed by atoms with Crippen molar-refractivity contribution in [2.24, 2.45) is 0 Å². The summed E-state index contributed by atoms with van der Waals surface area (Å²) in [6.45, 7) is 3.58. The maximum atomic E-state index is 13.0. The van der Waals surface area contributed by atoms with Crippen LogP contribution in [0.5, 0.6) is 0 Å². The Kier molecular flexibility index (Phi) is 3.82. The van der Waals surface area contributed by atoms with Gasteiger partial charge in [0.2, 0.25) is 5.91 Å². The Labute approximate surface area is 129 Å². The van der Waals surface area contributed by atoms with Gasteiger partial charge in [-0.3, -0.25) is 4.79 Å². The van der Waals surface area contributed by atoms with Crippen LogP contribution in [0.3, 0.4) is 0 Å². The van der Waals surface area contributed by atoms with Crippen molar-refractivity contribution in [1.82, 2.24) is 24.5 Å². The van der Waals surface area contributed by atoms with Crippen LogP contribution in [0.4, 0.5) is 19.0 Å². The number of anilines is 1. The molecule has 0 aliphatic carbocycles. The van der Waals surface area contributed by atoms with Crippen LogP contribution >= 0.6 is 0 Å². The molecule has 124 valence electrons. The van der Waals surface area contributed by atoms with Gasteiger partial charge in [-0.05, 0) is 0 Å². The summed E-state index contributed by atoms with van der Waals surface area (Å²) in [5.74, 6) is 0.228. The third-order valence-corrected chi connectivity index (χ3v) is 3.78. The van der Waals surface area contributed by atoms with Crippen LogP contribution in [0.1, 0.15) is 19.0 Å². The van der Waals surface area contributed by atoms with Crippen LogP contribution in [0.15, 0.2) is 12.4 Å². The molecular weight excluding hydrogens is 313 g/mol. The van der Waals surface area contributed by atoms with Gasteiger partial charge in [0.05, 0.1) is 0 Å². The quantitative estimate of drug-likeness (QED) is 0.829. The second-order valence-corrected chi connectivity index (χ2v) is 5.19. The second-order valence-electron chi connectivity index (χ2n) is 5.19. The van der Waals surface area contributed by atoms with Gasteiger partial charge in [-0.25, -0.2) is 4.98 Å². The lowest BCUT2D eigenvalue weighted by Crippen LogP contribution is -2.49. The largest absolute Gasteiger partial charge is 0.433 e. The summed E-state index contributed by atoms with van der Waals surface area (Å²) in [5, 5.41) is 3.94. The van der Waals surface area contributed by atoms with Gasteiger partial charge in [-0.1, -0.05) is 6.92 Å². The molecule has 1 amide bonds. The fraction of sp³-hybridized carbons (Fsp3) is 0.538. The molecule has 23 heavy (non-hydrogen) atoms. The number of piperazine rings is 1. The van der Waals surface area contributed by atoms with Gasteiger partial charge in [0, 0.05) is 38.7 Å². The topological polar surface area (TPSA) is 66.6 Å². The zero-order valence-electron chi connectivity index (χ0n) is 12.4. The fourth-order valence-electron chi connectivity index (χ4n) is 2.58. The van der Waals surface area contributed by atoms with Gasteiger partial charge in [0.1, 0.15) is 12.1 Å². The normalized spacial score (nSPS) is 16.2. The predicted molar refractivity (Wildman–Crippen MR) is 74.9 cm³/mol. The summed E-state index contributed by atoms with van der Waals surface area (Å²) in [6.07, 6.45) is -2.97. The average Bonchev–Trinajstić information content (AvgIpc) is 3.01. The number of carbonyl (C=O) groups is 1. The van der Waals surface area contributed by atoms with E-state index in [2.05, 4.69) is 15.1 Å². The highest BCUT2D eigenvalue weighted by atomic mass is 19.4. The maximum absolute atomic E-state index is 13.0. The third kappa shape index (κ3) is 2.92. The van der Waals surface area contributed by atoms with Crippen molar-refractivity contribution >= 4 is 17.5 Å². The Morgan fingerprint density at radius 2 is 1.96 bits per heavy atom. The van der Waals surface area contributed by atoms with E-state index in [9.17, 15) is 18.0 Å². The van der Waals surface area contributed by atoms with Crippen LogP contribution in [0, 0.1) is 0 Å². The van der Waals surface area contributed by atoms with E-state index < -0.39 is 11.9 Å². The molecule has 0 unspecified atom stereocenters. The van der Waals surface area contributed by atoms with E-state index in [0.29, 0.717) is 32.6 Å². The standard InChI is InChI=1S/C13H15F3N6O/c1-2-11(23)21-5-3-20(4-6-21)10-7-9(13(14,15)16)19-12-17-8-18-22(10)12/h7-8H,2-6H2,1H3. The average molecular weight is 328 g/mol. The Bertz CT molecular complexity index is 720. The molecule has 0 saturated carbocycles. The molecule has 3 rings (SSSR count). The Balaban J connectivity index is 1.91. The molecule has 1 aliphatic rings. The molecule has 2 aromatic heterocycles. The Morgan fingerprint density at radius 1 is 1.26 bits per heavy atom. The van der Waals surface area contributed by atoms with Crippen molar-refractivity contribution in [3.63, 3.8) is 0 Å². The predicted octanol–water partition coefficient (Wildman–Crippen LogP) is 1.20. The summed E-state index contributed by atoms with van der Waals surface area (Å²) in [4.78, 5) is 22.4. The van der Waals surface area contributed by atoms with Crippen molar-refractivity contribution in [2.75, 3.05) is 31.1 Å². The van der Waals surface area contributed by atoms with Crippen LogP contribution in [-0.4, -0.2) is 56.6 Å². The summed E-state index contributed by atoms with van der Waals surface area (Å²) < 4.78 is 40.3. The van der Waals surface area contributed by atoms with Crippen molar-refractivity contribution in [3.8, 4) is 0 Å². The van der Waals surface area contributed by atoms with Gasteiger partial charge < -0.3 is 9.80 Å². The van der Waals surface area contributed by atoms with E-state index in [0.717, 1.165) is 6.07 Å². The Hall–Kier alpha value is -2.39. The number of hydrogen-bond donors (Lipinski definition) is 0. The van der Waals surface area contributed by atoms with Gasteiger partial charge in [-0.15, -0.1) is 0 Å². The molecule has 1 saturated heterocycles. The van der Waals surface area contributed by atoms with E-state index in [1.807, 2.05) is 0 Å². The lowest BCUT2D eigenvalue weighted by molar-refractivity contribution is -0.141. The molecule has 0 radical (unpaired) electrons. The van der Waals surface area contributed by atoms with Gasteiger partial charge in [0.25, 0.3) is 5.78 Å². The first-order chi connectivity index (χ1) is 10.9. The smallest absolute Gasteiger partial charge is 0.353 e. The van der Waals surface area contributed by atoms with Crippen LogP contribution in [0.25, 0.3) is 5.78 Å². The van der Waals surface area contributed by atoms with E-state index in [-0.39, 0.29) is 17.5 Å². The molecular formula is C13H15F3N6O. The first-order valence-electron chi connectivity index (χ1n) is 7.21. The number of nitrogens with zero attached hydrogens (tertiary/aromatic N) is 6. The minimum atomic E-state index is -4.55. The molecule has 1 aliphatic heterocycles. The molecule has 2 aromatic rings. The van der Waals surface area contributed by atoms with E-state index in [4.69, 9.17) is 0 Å². The molecule has 0 atom stereocenters. The number of halogens is 3. The number of rotatable bonds is 2. The first-order valence-corrected chi connectivity index (χ1v) is 7.21. The molecule has 7 nitrogen and oxygen atoms in total. The van der Waals surface area contributed by atoms with E-state index >= 15 is 0 Å². The van der Waals surface area contributed by atoms with Gasteiger partial charge in [-0.2, -0.15) is 27.8 Å². The first kappa shape index (κ1) is 15.5. The summed E-state index contributed by atoms with van der Waals surface area (Å²) in [7, 11) is 0. The highest BCUT2D eigenvalue weighted by molar-refractivity contribution is 5.76. The van der Waals surface area contributed by atoms with Crippen molar-refractivity contribution in [3.05, 3.63) is 18.1 Å². The summed E-state index contributed by atoms with van der Waals surface area (Å²) in [6, 6.07) is 0.971. The molecule has 0 N–H and O–H groups in total. The maximum Gasteiger partial charge on any atom is 0.433 e. The number of aromatic nitrogens is 4. The van der Waals surface area contributed by atoms with Gasteiger partial charge >= 0.3 is 6.18 Å². The van der Waals surface area contributed by atoms with Gasteiger partial charge in [0.15, 0.2) is 5.69 Å². The highest BCUT2D eigenvalue weighted by Crippen LogP contribution is 2.30. The van der Waals surface area contributed by atoms with Crippen LogP contribution < -0.4 is 4.90 Å². The molecule has 10 heteroatoms. The SMILES string of the molecule is CCC(=O)N1CCN(c2cc(C(F)(F)F)nc3ncnn23)CC1. The van der Waals surface area contributed by atoms with Crippen LogP contribution in [-0.2, 0) is 11.0 Å². The summed E-state index contributed by atoms with van der Waals surface area (Å²) in [5.41, 5.74) is -1.000. The third-order valence-electron chi connectivity index (χ3n) is 3.78. The lowest BCUT2D eigenvalue weighted by atomic mass is 10.2. The van der Waals surface area contributed by atoms with Crippen molar-refractivity contribution < 1.29 is 18.0 Å². The second kappa shape index (κ2) is 5.67. The summed E-state index contributed by atoms with van der Waals surface area (Å²) >= 11 is 0. The minimum absolute atomic E-state index is 0.0428. The number of alkyl halides is 3. The fourth-order valence-corrected chi connectivity index (χ4v) is 2.58. The molecule has 3 heterocycles. The van der Waals surface area contributed by atoms with Crippen molar-refractivity contribution in [2.45, 2.75) is 19.5 Å².